The SMILES string of the molecule is CC[C@@H]1C[C@H](N(Cc2cc(C(F)(F)F)cc(C(F)(F)F)c2)C(N)=NN=NC)c2nc(C(F)(F)F)ccc2N1C(=O)OCCN(C)C. The lowest BCUT2D eigenvalue weighted by atomic mass is 9.91. The second kappa shape index (κ2) is 14.1. The van der Waals surface area contributed by atoms with E-state index in [1.165, 1.54) is 7.05 Å². The highest BCUT2D eigenvalue weighted by molar-refractivity contribution is 5.90. The Bertz CT molecular complexity index is 1410. The molecule has 19 heteroatoms. The summed E-state index contributed by atoms with van der Waals surface area (Å²) in [6, 6.07) is 0.389. The molecule has 0 bridgehead atoms. The van der Waals surface area contributed by atoms with Crippen molar-refractivity contribution in [3.8, 4) is 0 Å². The molecule has 0 unspecified atom stereocenters. The highest BCUT2D eigenvalue weighted by Gasteiger charge is 2.43. The van der Waals surface area contributed by atoms with E-state index in [-0.39, 0.29) is 31.2 Å². The highest BCUT2D eigenvalue weighted by atomic mass is 19.4. The molecule has 0 fully saturated rings. The fraction of sp³-hybridized carbons (Fsp3) is 0.519. The lowest BCUT2D eigenvalue weighted by Crippen LogP contribution is -2.50. The number of pyridine rings is 1. The van der Waals surface area contributed by atoms with Gasteiger partial charge in [-0.15, -0.1) is 0 Å². The second-order valence-corrected chi connectivity index (χ2v) is 10.5. The van der Waals surface area contributed by atoms with Crippen molar-refractivity contribution in [2.75, 3.05) is 39.2 Å². The predicted octanol–water partition coefficient (Wildman–Crippen LogP) is 6.68. The summed E-state index contributed by atoms with van der Waals surface area (Å²) in [4.78, 5) is 20.8. The Hall–Kier alpha value is -4.16. The minimum absolute atomic E-state index is 0.0590. The number of hydrogen-bond acceptors (Lipinski definition) is 6. The number of rotatable bonds is 8. The Balaban J connectivity index is 2.24. The standard InChI is InChI=1S/C27H31F9N8O2/c1-5-18-13-20(22-19(6-7-21(39-22)27(34,35)36)44(18)24(45)46-9-8-42(3)4)43(23(37)40-41-38-2)14-15-10-16(25(28,29)30)12-17(11-15)26(31,32)33/h6-7,10-12,18,20H,5,8-9,13-14H2,1-4H3,(H2,37,38,40)/t18-,20+/m1/s1. The molecule has 2 N–H and O–H groups in total. The molecule has 2 atom stereocenters. The third-order valence-electron chi connectivity index (χ3n) is 6.97. The van der Waals surface area contributed by atoms with Crippen molar-refractivity contribution in [3.05, 3.63) is 58.4 Å². The summed E-state index contributed by atoms with van der Waals surface area (Å²) in [5.74, 6) is -0.594. The minimum atomic E-state index is -5.17. The average Bonchev–Trinajstić information content (AvgIpc) is 2.95. The average molecular weight is 671 g/mol. The van der Waals surface area contributed by atoms with Gasteiger partial charge in [-0.25, -0.2) is 9.78 Å². The molecule has 1 aromatic heterocycles. The van der Waals surface area contributed by atoms with Gasteiger partial charge < -0.3 is 20.3 Å². The van der Waals surface area contributed by atoms with Crippen LogP contribution < -0.4 is 10.6 Å². The van der Waals surface area contributed by atoms with Gasteiger partial charge in [-0.3, -0.25) is 4.90 Å². The van der Waals surface area contributed by atoms with Crippen LogP contribution in [0.25, 0.3) is 0 Å². The number of aromatic nitrogens is 1. The van der Waals surface area contributed by atoms with Crippen molar-refractivity contribution in [2.45, 2.75) is 56.9 Å². The molecule has 10 nitrogen and oxygen atoms in total. The number of hydrogen-bond donors (Lipinski definition) is 1. The predicted molar refractivity (Wildman–Crippen MR) is 147 cm³/mol. The zero-order valence-electron chi connectivity index (χ0n) is 25.0. The van der Waals surface area contributed by atoms with Crippen LogP contribution in [0.3, 0.4) is 0 Å². The van der Waals surface area contributed by atoms with Crippen LogP contribution in [0, 0.1) is 0 Å². The van der Waals surface area contributed by atoms with Crippen LogP contribution in [-0.4, -0.2) is 67.2 Å². The summed E-state index contributed by atoms with van der Waals surface area (Å²) in [6.07, 6.45) is -16.2. The first-order valence-corrected chi connectivity index (χ1v) is 13.6. The van der Waals surface area contributed by atoms with Crippen LogP contribution >= 0.6 is 0 Å². The maximum absolute atomic E-state index is 13.8. The van der Waals surface area contributed by atoms with Gasteiger partial charge in [-0.2, -0.15) is 44.6 Å². The number of benzene rings is 1. The molecule has 1 aliphatic heterocycles. The number of alkyl halides is 9. The van der Waals surface area contributed by atoms with Gasteiger partial charge in [0, 0.05) is 19.1 Å². The highest BCUT2D eigenvalue weighted by Crippen LogP contribution is 2.44. The molecular weight excluding hydrogens is 639 g/mol. The van der Waals surface area contributed by atoms with Crippen LogP contribution in [0.5, 0.6) is 0 Å². The summed E-state index contributed by atoms with van der Waals surface area (Å²) in [5, 5.41) is 10.4. The maximum atomic E-state index is 13.8. The topological polar surface area (TPSA) is 112 Å². The molecular formula is C27H31F9N8O2. The number of halogens is 9. The normalized spacial score (nSPS) is 17.9. The van der Waals surface area contributed by atoms with Gasteiger partial charge >= 0.3 is 24.6 Å². The number of nitrogens with zero attached hydrogens (tertiary/aromatic N) is 7. The summed E-state index contributed by atoms with van der Waals surface area (Å²) in [7, 11) is 4.66. The Morgan fingerprint density at radius 1 is 1.02 bits per heavy atom. The number of nitrogens with two attached hydrogens (primary N) is 1. The fourth-order valence-electron chi connectivity index (χ4n) is 4.81. The molecule has 0 saturated heterocycles. The van der Waals surface area contributed by atoms with Crippen molar-refractivity contribution in [1.29, 1.82) is 0 Å². The van der Waals surface area contributed by atoms with Gasteiger partial charge in [0.15, 0.2) is 0 Å². The van der Waals surface area contributed by atoms with E-state index in [0.29, 0.717) is 24.7 Å². The van der Waals surface area contributed by atoms with Crippen molar-refractivity contribution >= 4 is 17.7 Å². The summed E-state index contributed by atoms with van der Waals surface area (Å²) in [5.41, 5.74) is 0.462. The number of likely N-dealkylation sites (N-methyl/N-ethyl adjacent to an activating group) is 1. The first-order chi connectivity index (χ1) is 21.3. The molecule has 2 aromatic rings. The van der Waals surface area contributed by atoms with Crippen molar-refractivity contribution in [3.63, 3.8) is 0 Å². The molecule has 0 radical (unpaired) electrons. The Morgan fingerprint density at radius 2 is 1.63 bits per heavy atom. The van der Waals surface area contributed by atoms with E-state index < -0.39 is 77.3 Å². The van der Waals surface area contributed by atoms with Gasteiger partial charge in [0.2, 0.25) is 5.96 Å². The number of fused-ring (bicyclic) bond motifs is 1. The number of ether oxygens (including phenoxy) is 1. The Labute approximate surface area is 257 Å². The van der Waals surface area contributed by atoms with Gasteiger partial charge in [-0.05, 0) is 68.1 Å². The first kappa shape index (κ1) is 36.3. The van der Waals surface area contributed by atoms with Crippen LogP contribution in [0.15, 0.2) is 45.8 Å². The van der Waals surface area contributed by atoms with Gasteiger partial charge in [0.05, 0.1) is 35.6 Å². The molecule has 1 amide bonds. The fourth-order valence-corrected chi connectivity index (χ4v) is 4.81. The Kier molecular flexibility index (Phi) is 11.1. The van der Waals surface area contributed by atoms with E-state index in [2.05, 4.69) is 20.4 Å². The number of guanidine groups is 1. The van der Waals surface area contributed by atoms with Gasteiger partial charge in [-0.1, -0.05) is 12.0 Å². The number of amides is 1. The lowest BCUT2D eigenvalue weighted by molar-refractivity contribution is -0.143. The summed E-state index contributed by atoms with van der Waals surface area (Å²) >= 11 is 0. The molecule has 0 saturated carbocycles. The molecule has 0 aliphatic carbocycles. The Morgan fingerprint density at radius 3 is 2.13 bits per heavy atom. The molecule has 46 heavy (non-hydrogen) atoms. The van der Waals surface area contributed by atoms with Crippen molar-refractivity contribution in [1.82, 2.24) is 14.8 Å². The zero-order chi connectivity index (χ0) is 34.6. The van der Waals surface area contributed by atoms with Crippen LogP contribution in [0.1, 0.15) is 53.9 Å². The number of carbonyl (C=O) groups excluding carboxylic acids is 1. The number of carbonyl (C=O) groups is 1. The summed E-state index contributed by atoms with van der Waals surface area (Å²) < 4.78 is 129. The molecule has 0 spiro atoms. The molecule has 2 heterocycles. The monoisotopic (exact) mass is 670 g/mol. The largest absolute Gasteiger partial charge is 0.448 e. The van der Waals surface area contributed by atoms with Crippen molar-refractivity contribution < 1.29 is 49.0 Å². The number of anilines is 1. The molecule has 1 aliphatic rings. The lowest BCUT2D eigenvalue weighted by Gasteiger charge is -2.43. The van der Waals surface area contributed by atoms with E-state index >= 15 is 0 Å². The van der Waals surface area contributed by atoms with E-state index in [9.17, 15) is 44.3 Å². The van der Waals surface area contributed by atoms with Gasteiger partial charge in [0.1, 0.15) is 12.3 Å². The van der Waals surface area contributed by atoms with Gasteiger partial charge in [0.25, 0.3) is 0 Å². The summed E-state index contributed by atoms with van der Waals surface area (Å²) in [6.45, 7) is 1.14. The minimum Gasteiger partial charge on any atom is -0.448 e. The van der Waals surface area contributed by atoms with Crippen LogP contribution in [0.4, 0.5) is 50.0 Å². The quantitative estimate of drug-likeness (QED) is 0.110. The maximum Gasteiger partial charge on any atom is 0.433 e. The molecule has 3 rings (SSSR count). The second-order valence-electron chi connectivity index (χ2n) is 10.5. The molecule has 1 aromatic carbocycles. The molecule has 254 valence electrons. The first-order valence-electron chi connectivity index (χ1n) is 13.6. The third-order valence-corrected chi connectivity index (χ3v) is 6.97. The third kappa shape index (κ3) is 8.76. The zero-order valence-corrected chi connectivity index (χ0v) is 25.0. The van der Waals surface area contributed by atoms with E-state index in [0.717, 1.165) is 15.9 Å². The smallest absolute Gasteiger partial charge is 0.433 e. The van der Waals surface area contributed by atoms with E-state index in [1.807, 2.05) is 0 Å². The van der Waals surface area contributed by atoms with Crippen LogP contribution in [-0.2, 0) is 29.8 Å². The van der Waals surface area contributed by atoms with Crippen LogP contribution in [0.2, 0.25) is 0 Å². The van der Waals surface area contributed by atoms with E-state index in [4.69, 9.17) is 10.5 Å². The van der Waals surface area contributed by atoms with Crippen molar-refractivity contribution in [2.24, 2.45) is 21.2 Å². The van der Waals surface area contributed by atoms with E-state index in [1.54, 1.807) is 25.9 Å².